The van der Waals surface area contributed by atoms with E-state index in [1.807, 2.05) is 0 Å². The van der Waals surface area contributed by atoms with Crippen molar-refractivity contribution in [1.82, 2.24) is 5.32 Å². The first kappa shape index (κ1) is 11.3. The van der Waals surface area contributed by atoms with E-state index < -0.39 is 0 Å². The van der Waals surface area contributed by atoms with Crippen LogP contribution in [-0.4, -0.2) is 12.5 Å². The molecule has 0 atom stereocenters. The molecule has 0 aromatic heterocycles. The number of nitrogens with one attached hydrogen (secondary N) is 1. The van der Waals surface area contributed by atoms with E-state index in [4.69, 9.17) is 0 Å². The Kier molecular flexibility index (Phi) is 3.19. The summed E-state index contributed by atoms with van der Waals surface area (Å²) in [4.78, 5) is 11.8. The maximum atomic E-state index is 13.5. The molecular formula is C14H12FNO. The van der Waals surface area contributed by atoms with Crippen molar-refractivity contribution in [3.8, 4) is 0 Å². The van der Waals surface area contributed by atoms with Crippen molar-refractivity contribution in [2.45, 2.75) is 0 Å². The second-order valence-corrected chi connectivity index (χ2v) is 3.64. The van der Waals surface area contributed by atoms with Crippen LogP contribution in [0.25, 0.3) is 10.8 Å². The van der Waals surface area contributed by atoms with Gasteiger partial charge in [0.05, 0.1) is 0 Å². The van der Waals surface area contributed by atoms with Crippen molar-refractivity contribution in [2.75, 3.05) is 6.54 Å². The van der Waals surface area contributed by atoms with Crippen LogP contribution in [0.2, 0.25) is 0 Å². The maximum absolute atomic E-state index is 13.5. The van der Waals surface area contributed by atoms with E-state index in [1.54, 1.807) is 30.3 Å². The smallest absolute Gasteiger partial charge is 0.252 e. The molecule has 17 heavy (non-hydrogen) atoms. The minimum absolute atomic E-state index is 0.221. The molecule has 2 aromatic rings. The Morgan fingerprint density at radius 2 is 1.94 bits per heavy atom. The zero-order valence-electron chi connectivity index (χ0n) is 9.24. The SMILES string of the molecule is C=CCNC(=O)c1ccc(F)c2ccccc12. The molecule has 0 heterocycles. The van der Waals surface area contributed by atoms with Crippen molar-refractivity contribution in [1.29, 1.82) is 0 Å². The standard InChI is InChI=1S/C14H12FNO/c1-2-9-16-14(17)12-7-8-13(15)11-6-4-3-5-10(11)12/h2-8H,1,9H2,(H,16,17). The molecule has 0 fully saturated rings. The number of hydrogen-bond donors (Lipinski definition) is 1. The second-order valence-electron chi connectivity index (χ2n) is 3.64. The lowest BCUT2D eigenvalue weighted by molar-refractivity contribution is 0.0959. The van der Waals surface area contributed by atoms with Crippen LogP contribution in [0.1, 0.15) is 10.4 Å². The van der Waals surface area contributed by atoms with Crippen molar-refractivity contribution in [3.05, 3.63) is 60.4 Å². The molecule has 1 N–H and O–H groups in total. The van der Waals surface area contributed by atoms with Gasteiger partial charge in [-0.1, -0.05) is 30.3 Å². The van der Waals surface area contributed by atoms with Gasteiger partial charge in [-0.15, -0.1) is 6.58 Å². The molecule has 0 bridgehead atoms. The average molecular weight is 229 g/mol. The molecule has 0 saturated carbocycles. The normalized spacial score (nSPS) is 10.2. The summed E-state index contributed by atoms with van der Waals surface area (Å²) in [6.07, 6.45) is 1.60. The summed E-state index contributed by atoms with van der Waals surface area (Å²) >= 11 is 0. The van der Waals surface area contributed by atoms with Crippen LogP contribution >= 0.6 is 0 Å². The molecule has 1 amide bonds. The summed E-state index contributed by atoms with van der Waals surface area (Å²) in [5.74, 6) is -0.540. The summed E-state index contributed by atoms with van der Waals surface area (Å²) in [5, 5.41) is 3.76. The van der Waals surface area contributed by atoms with Gasteiger partial charge in [0.25, 0.3) is 5.91 Å². The zero-order valence-corrected chi connectivity index (χ0v) is 9.24. The Morgan fingerprint density at radius 1 is 1.24 bits per heavy atom. The van der Waals surface area contributed by atoms with E-state index in [9.17, 15) is 9.18 Å². The highest BCUT2D eigenvalue weighted by Crippen LogP contribution is 2.21. The number of rotatable bonds is 3. The summed E-state index contributed by atoms with van der Waals surface area (Å²) in [7, 11) is 0. The second kappa shape index (κ2) is 4.78. The number of hydrogen-bond acceptors (Lipinski definition) is 1. The molecule has 0 radical (unpaired) electrons. The average Bonchev–Trinajstić information content (AvgIpc) is 2.37. The van der Waals surface area contributed by atoms with Crippen LogP contribution in [-0.2, 0) is 0 Å². The van der Waals surface area contributed by atoms with Gasteiger partial charge in [-0.2, -0.15) is 0 Å². The Bertz CT molecular complexity index is 577. The number of amides is 1. The highest BCUT2D eigenvalue weighted by atomic mass is 19.1. The zero-order chi connectivity index (χ0) is 12.3. The lowest BCUT2D eigenvalue weighted by Crippen LogP contribution is -2.23. The van der Waals surface area contributed by atoms with Gasteiger partial charge in [0.2, 0.25) is 0 Å². The predicted molar refractivity (Wildman–Crippen MR) is 66.4 cm³/mol. The van der Waals surface area contributed by atoms with Crippen LogP contribution in [0.5, 0.6) is 0 Å². The first-order chi connectivity index (χ1) is 8.24. The quantitative estimate of drug-likeness (QED) is 0.805. The lowest BCUT2D eigenvalue weighted by atomic mass is 10.0. The summed E-state index contributed by atoms with van der Waals surface area (Å²) < 4.78 is 13.5. The Balaban J connectivity index is 2.51. The molecule has 0 aliphatic carbocycles. The Hall–Kier alpha value is -2.16. The highest BCUT2D eigenvalue weighted by molar-refractivity contribution is 6.07. The summed E-state index contributed by atoms with van der Waals surface area (Å²) in [6.45, 7) is 3.92. The number of carbonyl (C=O) groups excluding carboxylic acids is 1. The Morgan fingerprint density at radius 3 is 2.65 bits per heavy atom. The van der Waals surface area contributed by atoms with E-state index >= 15 is 0 Å². The summed E-state index contributed by atoms with van der Waals surface area (Å²) in [5.41, 5.74) is 0.476. The van der Waals surface area contributed by atoms with Gasteiger partial charge in [0, 0.05) is 17.5 Å². The molecule has 2 aromatic carbocycles. The summed E-state index contributed by atoms with van der Waals surface area (Å²) in [6, 6.07) is 9.74. The van der Waals surface area contributed by atoms with E-state index in [-0.39, 0.29) is 11.7 Å². The number of benzene rings is 2. The first-order valence-electron chi connectivity index (χ1n) is 5.30. The van der Waals surface area contributed by atoms with E-state index in [1.165, 1.54) is 12.1 Å². The molecule has 3 heteroatoms. The van der Waals surface area contributed by atoms with Gasteiger partial charge in [0.15, 0.2) is 0 Å². The van der Waals surface area contributed by atoms with E-state index in [0.29, 0.717) is 22.9 Å². The lowest BCUT2D eigenvalue weighted by Gasteiger charge is -2.07. The van der Waals surface area contributed by atoms with Crippen LogP contribution in [0.15, 0.2) is 49.1 Å². The molecule has 0 unspecified atom stereocenters. The molecule has 86 valence electrons. The fourth-order valence-electron chi connectivity index (χ4n) is 1.72. The van der Waals surface area contributed by atoms with Gasteiger partial charge in [0.1, 0.15) is 5.82 Å². The van der Waals surface area contributed by atoms with Gasteiger partial charge >= 0.3 is 0 Å². The minimum Gasteiger partial charge on any atom is -0.349 e. The van der Waals surface area contributed by atoms with Crippen molar-refractivity contribution in [3.63, 3.8) is 0 Å². The molecule has 0 aliphatic rings. The molecule has 0 spiro atoms. The monoisotopic (exact) mass is 229 g/mol. The van der Waals surface area contributed by atoms with Gasteiger partial charge in [-0.25, -0.2) is 4.39 Å². The van der Waals surface area contributed by atoms with Crippen LogP contribution in [0.3, 0.4) is 0 Å². The maximum Gasteiger partial charge on any atom is 0.252 e. The third-order valence-corrected chi connectivity index (χ3v) is 2.52. The van der Waals surface area contributed by atoms with Crippen LogP contribution in [0.4, 0.5) is 4.39 Å². The molecule has 0 aliphatic heterocycles. The van der Waals surface area contributed by atoms with Crippen LogP contribution < -0.4 is 5.32 Å². The fourth-order valence-corrected chi connectivity index (χ4v) is 1.72. The number of fused-ring (bicyclic) bond motifs is 1. The van der Waals surface area contributed by atoms with Gasteiger partial charge in [-0.05, 0) is 17.5 Å². The number of carbonyl (C=O) groups is 1. The molecular weight excluding hydrogens is 217 g/mol. The predicted octanol–water partition coefficient (Wildman–Crippen LogP) is 2.89. The van der Waals surface area contributed by atoms with Crippen molar-refractivity contribution in [2.24, 2.45) is 0 Å². The number of halogens is 1. The third kappa shape index (κ3) is 2.18. The molecule has 2 rings (SSSR count). The minimum atomic E-state index is -0.319. The van der Waals surface area contributed by atoms with Crippen LogP contribution in [0, 0.1) is 5.82 Å². The molecule has 0 saturated heterocycles. The topological polar surface area (TPSA) is 29.1 Å². The van der Waals surface area contributed by atoms with Gasteiger partial charge in [-0.3, -0.25) is 4.79 Å². The molecule has 2 nitrogen and oxygen atoms in total. The largest absolute Gasteiger partial charge is 0.349 e. The fraction of sp³-hybridized carbons (Fsp3) is 0.0714. The highest BCUT2D eigenvalue weighted by Gasteiger charge is 2.10. The Labute approximate surface area is 98.8 Å². The van der Waals surface area contributed by atoms with Crippen molar-refractivity contribution >= 4 is 16.7 Å². The van der Waals surface area contributed by atoms with Gasteiger partial charge < -0.3 is 5.32 Å². The van der Waals surface area contributed by atoms with E-state index in [0.717, 1.165) is 0 Å². The van der Waals surface area contributed by atoms with E-state index in [2.05, 4.69) is 11.9 Å². The van der Waals surface area contributed by atoms with Crippen molar-refractivity contribution < 1.29 is 9.18 Å². The third-order valence-electron chi connectivity index (χ3n) is 2.52. The first-order valence-corrected chi connectivity index (χ1v) is 5.30.